The Bertz CT molecular complexity index is 989. The lowest BCUT2D eigenvalue weighted by molar-refractivity contribution is -0.149. The maximum atomic E-state index is 13.6. The van der Waals surface area contributed by atoms with E-state index in [1.54, 1.807) is 32.6 Å². The average Bonchev–Trinajstić information content (AvgIpc) is 2.73. The molecule has 0 aliphatic carbocycles. The van der Waals surface area contributed by atoms with Crippen LogP contribution in [0, 0.1) is 17.6 Å². The van der Waals surface area contributed by atoms with Gasteiger partial charge in [-0.3, -0.25) is 9.69 Å². The van der Waals surface area contributed by atoms with Crippen molar-refractivity contribution < 1.29 is 28.2 Å². The molecule has 2 aromatic carbocycles. The Morgan fingerprint density at radius 3 is 2.29 bits per heavy atom. The van der Waals surface area contributed by atoms with Gasteiger partial charge in [0.2, 0.25) is 5.91 Å². The van der Waals surface area contributed by atoms with Gasteiger partial charge in [-0.05, 0) is 56.4 Å². The molecule has 6 nitrogen and oxygen atoms in total. The second-order valence-electron chi connectivity index (χ2n) is 9.81. The molecular formula is C26H32F2N2O4. The Balaban J connectivity index is 1.84. The van der Waals surface area contributed by atoms with E-state index < -0.39 is 47.3 Å². The fourth-order valence-electron chi connectivity index (χ4n) is 4.15. The smallest absolute Gasteiger partial charge is 0.411 e. The standard InChI is InChI=1S/C26H32F2N2O4/c1-17(12-19-13-20(27)15-21(28)14-19)23(31)22-24(32)29(16-18-8-6-5-7-9-18)10-11-30(22)25(33)34-26(2,3)4/h5-9,13-15,17,22-23,31H,10-12,16H2,1-4H3/t17?,22-,23-/m0/s1. The maximum absolute atomic E-state index is 13.6. The third-order valence-electron chi connectivity index (χ3n) is 5.74. The molecule has 2 aromatic rings. The van der Waals surface area contributed by atoms with E-state index in [9.17, 15) is 23.5 Å². The number of piperazine rings is 1. The number of nitrogens with zero attached hydrogens (tertiary/aromatic N) is 2. The number of aliphatic hydroxyl groups is 1. The van der Waals surface area contributed by atoms with Crippen molar-refractivity contribution in [2.24, 2.45) is 5.92 Å². The van der Waals surface area contributed by atoms with Gasteiger partial charge in [0.25, 0.3) is 0 Å². The number of amides is 2. The fraction of sp³-hybridized carbons (Fsp3) is 0.462. The molecule has 0 bridgehead atoms. The summed E-state index contributed by atoms with van der Waals surface area (Å²) in [7, 11) is 0. The number of carbonyl (C=O) groups is 2. The summed E-state index contributed by atoms with van der Waals surface area (Å²) in [6.07, 6.45) is -1.83. The molecule has 2 amide bonds. The Morgan fingerprint density at radius 1 is 1.09 bits per heavy atom. The number of halogens is 2. The van der Waals surface area contributed by atoms with E-state index in [1.807, 2.05) is 30.3 Å². The van der Waals surface area contributed by atoms with Crippen LogP contribution in [0.4, 0.5) is 13.6 Å². The Labute approximate surface area is 199 Å². The summed E-state index contributed by atoms with van der Waals surface area (Å²) in [5.74, 6) is -2.40. The van der Waals surface area contributed by atoms with Gasteiger partial charge in [0, 0.05) is 25.7 Å². The van der Waals surface area contributed by atoms with Gasteiger partial charge in [0.05, 0.1) is 6.10 Å². The highest BCUT2D eigenvalue weighted by Crippen LogP contribution is 2.26. The molecule has 1 aliphatic heterocycles. The molecule has 1 aliphatic rings. The molecule has 8 heteroatoms. The van der Waals surface area contributed by atoms with Crippen molar-refractivity contribution in [3.63, 3.8) is 0 Å². The molecule has 1 fully saturated rings. The van der Waals surface area contributed by atoms with Crippen LogP contribution in [0.1, 0.15) is 38.8 Å². The molecular weight excluding hydrogens is 442 g/mol. The van der Waals surface area contributed by atoms with E-state index in [0.29, 0.717) is 18.7 Å². The number of benzene rings is 2. The highest BCUT2D eigenvalue weighted by atomic mass is 19.1. The molecule has 0 radical (unpaired) electrons. The van der Waals surface area contributed by atoms with Crippen molar-refractivity contribution in [1.29, 1.82) is 0 Å². The van der Waals surface area contributed by atoms with E-state index >= 15 is 0 Å². The van der Waals surface area contributed by atoms with Crippen molar-refractivity contribution in [3.05, 3.63) is 71.3 Å². The molecule has 0 saturated carbocycles. The van der Waals surface area contributed by atoms with Crippen LogP contribution >= 0.6 is 0 Å². The summed E-state index contributed by atoms with van der Waals surface area (Å²) in [4.78, 5) is 29.3. The first kappa shape index (κ1) is 25.6. The van der Waals surface area contributed by atoms with Gasteiger partial charge in [-0.15, -0.1) is 0 Å². The van der Waals surface area contributed by atoms with E-state index in [0.717, 1.165) is 11.6 Å². The minimum Gasteiger partial charge on any atom is -0.444 e. The zero-order valence-corrected chi connectivity index (χ0v) is 20.0. The highest BCUT2D eigenvalue weighted by molar-refractivity contribution is 5.87. The first-order valence-corrected chi connectivity index (χ1v) is 11.4. The lowest BCUT2D eigenvalue weighted by atomic mass is 9.89. The normalized spacial score (nSPS) is 18.6. The third kappa shape index (κ3) is 6.53. The molecule has 3 atom stereocenters. The van der Waals surface area contributed by atoms with Gasteiger partial charge in [0.15, 0.2) is 0 Å². The van der Waals surface area contributed by atoms with Crippen LogP contribution in [0.5, 0.6) is 0 Å². The Morgan fingerprint density at radius 2 is 1.71 bits per heavy atom. The minimum atomic E-state index is -1.27. The lowest BCUT2D eigenvalue weighted by Gasteiger charge is -2.43. The minimum absolute atomic E-state index is 0.125. The lowest BCUT2D eigenvalue weighted by Crippen LogP contribution is -2.64. The van der Waals surface area contributed by atoms with Crippen LogP contribution in [0.15, 0.2) is 48.5 Å². The van der Waals surface area contributed by atoms with Gasteiger partial charge >= 0.3 is 6.09 Å². The maximum Gasteiger partial charge on any atom is 0.411 e. The summed E-state index contributed by atoms with van der Waals surface area (Å²) in [6.45, 7) is 7.69. The number of hydrogen-bond donors (Lipinski definition) is 1. The van der Waals surface area contributed by atoms with Crippen molar-refractivity contribution >= 4 is 12.0 Å². The van der Waals surface area contributed by atoms with Crippen LogP contribution in [0.2, 0.25) is 0 Å². The second kappa shape index (κ2) is 10.5. The van der Waals surface area contributed by atoms with Crippen LogP contribution in [-0.4, -0.2) is 57.7 Å². The van der Waals surface area contributed by atoms with E-state index in [1.165, 1.54) is 17.0 Å². The van der Waals surface area contributed by atoms with Crippen molar-refractivity contribution in [3.8, 4) is 0 Å². The van der Waals surface area contributed by atoms with Gasteiger partial charge in [-0.1, -0.05) is 37.3 Å². The molecule has 0 aromatic heterocycles. The summed E-state index contributed by atoms with van der Waals surface area (Å²) in [5.41, 5.74) is 0.511. The molecule has 3 rings (SSSR count). The Hall–Kier alpha value is -3.00. The topological polar surface area (TPSA) is 70.1 Å². The van der Waals surface area contributed by atoms with Crippen LogP contribution in [-0.2, 0) is 22.5 Å². The third-order valence-corrected chi connectivity index (χ3v) is 5.74. The number of aliphatic hydroxyl groups excluding tert-OH is 1. The molecule has 1 N–H and O–H groups in total. The predicted molar refractivity (Wildman–Crippen MR) is 124 cm³/mol. The number of rotatable bonds is 6. The van der Waals surface area contributed by atoms with Gasteiger partial charge in [-0.2, -0.15) is 0 Å². The zero-order chi connectivity index (χ0) is 25.0. The molecule has 0 spiro atoms. The van der Waals surface area contributed by atoms with E-state index in [2.05, 4.69) is 0 Å². The summed E-state index contributed by atoms with van der Waals surface area (Å²) in [5, 5.41) is 11.2. The number of carbonyl (C=O) groups excluding carboxylic acids is 2. The van der Waals surface area contributed by atoms with Crippen LogP contribution < -0.4 is 0 Å². The summed E-state index contributed by atoms with van der Waals surface area (Å²) in [6, 6.07) is 11.4. The highest BCUT2D eigenvalue weighted by Gasteiger charge is 2.44. The molecule has 34 heavy (non-hydrogen) atoms. The van der Waals surface area contributed by atoms with E-state index in [-0.39, 0.29) is 13.0 Å². The number of hydrogen-bond acceptors (Lipinski definition) is 4. The first-order valence-electron chi connectivity index (χ1n) is 11.4. The SMILES string of the molecule is CC(Cc1cc(F)cc(F)c1)[C@H](O)[C@H]1C(=O)N(Cc2ccccc2)CCN1C(=O)OC(C)(C)C. The molecule has 1 heterocycles. The van der Waals surface area contributed by atoms with Gasteiger partial charge in [0.1, 0.15) is 23.3 Å². The van der Waals surface area contributed by atoms with Gasteiger partial charge < -0.3 is 14.7 Å². The van der Waals surface area contributed by atoms with Crippen molar-refractivity contribution in [2.45, 2.75) is 58.4 Å². The monoisotopic (exact) mass is 474 g/mol. The molecule has 1 saturated heterocycles. The average molecular weight is 475 g/mol. The number of ether oxygens (including phenoxy) is 1. The van der Waals surface area contributed by atoms with E-state index in [4.69, 9.17) is 4.74 Å². The summed E-state index contributed by atoms with van der Waals surface area (Å²) >= 11 is 0. The molecule has 184 valence electrons. The zero-order valence-electron chi connectivity index (χ0n) is 20.0. The summed E-state index contributed by atoms with van der Waals surface area (Å²) < 4.78 is 32.8. The van der Waals surface area contributed by atoms with Crippen molar-refractivity contribution in [1.82, 2.24) is 9.80 Å². The largest absolute Gasteiger partial charge is 0.444 e. The first-order chi connectivity index (χ1) is 15.9. The van der Waals surface area contributed by atoms with Crippen molar-refractivity contribution in [2.75, 3.05) is 13.1 Å². The second-order valence-corrected chi connectivity index (χ2v) is 9.81. The fourth-order valence-corrected chi connectivity index (χ4v) is 4.15. The van der Waals surface area contributed by atoms with Crippen LogP contribution in [0.3, 0.4) is 0 Å². The molecule has 1 unspecified atom stereocenters. The van der Waals surface area contributed by atoms with Gasteiger partial charge in [-0.25, -0.2) is 13.6 Å². The predicted octanol–water partition coefficient (Wildman–Crippen LogP) is 4.15. The Kier molecular flexibility index (Phi) is 7.92. The van der Waals surface area contributed by atoms with Crippen LogP contribution in [0.25, 0.3) is 0 Å². The quantitative estimate of drug-likeness (QED) is 0.683.